The number of imidazole rings is 1. The molecule has 0 fully saturated rings. The number of carbonyl (C=O) groups is 2. The van der Waals surface area contributed by atoms with E-state index in [9.17, 15) is 23.5 Å². The number of hydrogen-bond acceptors (Lipinski definition) is 6. The van der Waals surface area contributed by atoms with Crippen molar-refractivity contribution in [3.63, 3.8) is 0 Å². The third kappa shape index (κ3) is 4.45. The van der Waals surface area contributed by atoms with Gasteiger partial charge in [-0.05, 0) is 36.8 Å². The lowest BCUT2D eigenvalue weighted by Gasteiger charge is -2.28. The molecule has 7 nitrogen and oxygen atoms in total. The van der Waals surface area contributed by atoms with Crippen LogP contribution in [-0.2, 0) is 21.6 Å². The normalized spacial score (nSPS) is 12.8. The highest BCUT2D eigenvalue weighted by molar-refractivity contribution is 6.01. The molecule has 0 saturated carbocycles. The average Bonchev–Trinajstić information content (AvgIpc) is 3.23. The molecule has 2 aromatic carbocycles. The zero-order valence-electron chi connectivity index (χ0n) is 19.7. The number of carbonyl (C=O) groups excluding carboxylic acids is 2. The summed E-state index contributed by atoms with van der Waals surface area (Å²) in [7, 11) is 1.20. The van der Waals surface area contributed by atoms with Gasteiger partial charge in [0.1, 0.15) is 29.4 Å². The van der Waals surface area contributed by atoms with Crippen LogP contribution in [-0.4, -0.2) is 40.0 Å². The average molecular weight is 494 g/mol. The number of aliphatic hydroxyl groups is 1. The Hall–Kier alpha value is -4.11. The standard InChI is InChI=1S/C27H24F2N2O5/c1-17-24(22(33)14-27(16-32,26(34)35-2)18-8-4-3-5-9-18)31-13-7-12-23(25(31)30-17)36-15-19-20(28)10-6-11-21(19)29/h3-13,32H,14-16H2,1-2H3. The molecule has 0 aliphatic heterocycles. The van der Waals surface area contributed by atoms with Gasteiger partial charge in [-0.1, -0.05) is 36.4 Å². The van der Waals surface area contributed by atoms with Crippen LogP contribution in [0.25, 0.3) is 5.65 Å². The van der Waals surface area contributed by atoms with Gasteiger partial charge in [0.2, 0.25) is 0 Å². The first kappa shape index (κ1) is 25.0. The molecule has 0 bridgehead atoms. The summed E-state index contributed by atoms with van der Waals surface area (Å²) in [6.07, 6.45) is 1.22. The minimum Gasteiger partial charge on any atom is -0.485 e. The van der Waals surface area contributed by atoms with E-state index < -0.39 is 35.4 Å². The fourth-order valence-electron chi connectivity index (χ4n) is 4.24. The van der Waals surface area contributed by atoms with Gasteiger partial charge in [0.25, 0.3) is 0 Å². The smallest absolute Gasteiger partial charge is 0.319 e. The lowest BCUT2D eigenvalue weighted by atomic mass is 9.76. The van der Waals surface area contributed by atoms with E-state index in [1.807, 2.05) is 0 Å². The van der Waals surface area contributed by atoms with E-state index in [1.54, 1.807) is 55.6 Å². The number of benzene rings is 2. The maximum absolute atomic E-state index is 14.0. The summed E-state index contributed by atoms with van der Waals surface area (Å²) in [5.74, 6) is -2.46. The molecule has 2 heterocycles. The fourth-order valence-corrected chi connectivity index (χ4v) is 4.24. The number of fused-ring (bicyclic) bond motifs is 1. The van der Waals surface area contributed by atoms with Crippen LogP contribution in [0.4, 0.5) is 8.78 Å². The Morgan fingerprint density at radius 1 is 1.03 bits per heavy atom. The van der Waals surface area contributed by atoms with Crippen LogP contribution in [0.5, 0.6) is 5.75 Å². The van der Waals surface area contributed by atoms with E-state index in [-0.39, 0.29) is 35.7 Å². The van der Waals surface area contributed by atoms with Crippen LogP contribution in [0.1, 0.15) is 33.7 Å². The molecule has 1 atom stereocenters. The predicted octanol–water partition coefficient (Wildman–Crippen LogP) is 4.18. The van der Waals surface area contributed by atoms with Gasteiger partial charge < -0.3 is 14.6 Å². The first-order valence-electron chi connectivity index (χ1n) is 11.1. The van der Waals surface area contributed by atoms with Crippen molar-refractivity contribution in [1.29, 1.82) is 0 Å². The highest BCUT2D eigenvalue weighted by Crippen LogP contribution is 2.32. The number of hydrogen-bond donors (Lipinski definition) is 1. The molecular formula is C27H24F2N2O5. The second kappa shape index (κ2) is 10.2. The summed E-state index contributed by atoms with van der Waals surface area (Å²) >= 11 is 0. The zero-order valence-corrected chi connectivity index (χ0v) is 19.7. The van der Waals surface area contributed by atoms with Crippen molar-refractivity contribution in [3.05, 3.63) is 101 Å². The second-order valence-electron chi connectivity index (χ2n) is 8.30. The molecule has 0 aliphatic carbocycles. The van der Waals surface area contributed by atoms with Crippen molar-refractivity contribution in [2.75, 3.05) is 13.7 Å². The van der Waals surface area contributed by atoms with Crippen LogP contribution >= 0.6 is 0 Å². The van der Waals surface area contributed by atoms with Gasteiger partial charge in [-0.15, -0.1) is 0 Å². The maximum atomic E-state index is 14.0. The Bertz CT molecular complexity index is 1400. The van der Waals surface area contributed by atoms with Crippen molar-refractivity contribution in [3.8, 4) is 5.75 Å². The zero-order chi connectivity index (χ0) is 25.9. The number of ether oxygens (including phenoxy) is 2. The van der Waals surface area contributed by atoms with Crippen LogP contribution < -0.4 is 4.74 Å². The predicted molar refractivity (Wildman–Crippen MR) is 127 cm³/mol. The SMILES string of the molecule is COC(=O)C(CO)(CC(=O)c1c(C)nc2c(OCc3c(F)cccc3F)cccn12)c1ccccc1. The first-order valence-corrected chi connectivity index (χ1v) is 11.1. The van der Waals surface area contributed by atoms with E-state index in [0.717, 1.165) is 12.1 Å². The summed E-state index contributed by atoms with van der Waals surface area (Å²) in [6.45, 7) is 0.604. The number of aromatic nitrogens is 2. The van der Waals surface area contributed by atoms with Crippen LogP contribution in [0.2, 0.25) is 0 Å². The summed E-state index contributed by atoms with van der Waals surface area (Å²) in [6, 6.07) is 15.2. The summed E-state index contributed by atoms with van der Waals surface area (Å²) in [5.41, 5.74) is -0.589. The van der Waals surface area contributed by atoms with E-state index >= 15 is 0 Å². The number of esters is 1. The molecule has 1 N–H and O–H groups in total. The summed E-state index contributed by atoms with van der Waals surface area (Å²) in [5, 5.41) is 10.3. The van der Waals surface area contributed by atoms with Crippen molar-refractivity contribution in [1.82, 2.24) is 9.38 Å². The van der Waals surface area contributed by atoms with Gasteiger partial charge in [0.15, 0.2) is 17.2 Å². The number of rotatable bonds is 9. The lowest BCUT2D eigenvalue weighted by molar-refractivity contribution is -0.149. The largest absolute Gasteiger partial charge is 0.485 e. The second-order valence-corrected chi connectivity index (χ2v) is 8.30. The van der Waals surface area contributed by atoms with E-state index in [0.29, 0.717) is 11.3 Å². The van der Waals surface area contributed by atoms with Gasteiger partial charge in [-0.2, -0.15) is 0 Å². The molecular weight excluding hydrogens is 470 g/mol. The lowest BCUT2D eigenvalue weighted by Crippen LogP contribution is -2.42. The van der Waals surface area contributed by atoms with Gasteiger partial charge in [0, 0.05) is 12.6 Å². The van der Waals surface area contributed by atoms with Gasteiger partial charge in [0.05, 0.1) is 25.0 Å². The number of methoxy groups -OCH3 is 1. The van der Waals surface area contributed by atoms with Crippen molar-refractivity contribution in [2.45, 2.75) is 25.4 Å². The van der Waals surface area contributed by atoms with Crippen molar-refractivity contribution < 1.29 is 33.0 Å². The van der Waals surface area contributed by atoms with E-state index in [2.05, 4.69) is 4.98 Å². The minimum absolute atomic E-state index is 0.185. The van der Waals surface area contributed by atoms with Crippen LogP contribution in [0.15, 0.2) is 66.9 Å². The number of pyridine rings is 1. The molecule has 0 spiro atoms. The molecule has 0 radical (unpaired) electrons. The monoisotopic (exact) mass is 494 g/mol. The number of Topliss-reactive ketones (excluding diaryl/α,β-unsaturated/α-hetero) is 1. The quantitative estimate of drug-likeness (QED) is 0.277. The van der Waals surface area contributed by atoms with Gasteiger partial charge in [-0.25, -0.2) is 13.8 Å². The highest BCUT2D eigenvalue weighted by atomic mass is 19.1. The van der Waals surface area contributed by atoms with Crippen molar-refractivity contribution >= 4 is 17.4 Å². The summed E-state index contributed by atoms with van der Waals surface area (Å²) in [4.78, 5) is 30.8. The molecule has 1 unspecified atom stereocenters. The molecule has 2 aromatic heterocycles. The molecule has 4 aromatic rings. The van der Waals surface area contributed by atoms with Gasteiger partial charge in [-0.3, -0.25) is 14.0 Å². The van der Waals surface area contributed by atoms with Gasteiger partial charge >= 0.3 is 5.97 Å². The molecule has 186 valence electrons. The fraction of sp³-hybridized carbons (Fsp3) is 0.222. The van der Waals surface area contributed by atoms with E-state index in [1.165, 1.54) is 17.6 Å². The Labute approximate surface area is 205 Å². The maximum Gasteiger partial charge on any atom is 0.319 e. The molecule has 36 heavy (non-hydrogen) atoms. The number of ketones is 1. The minimum atomic E-state index is -1.61. The number of aliphatic hydroxyl groups excluding tert-OH is 1. The highest BCUT2D eigenvalue weighted by Gasteiger charge is 2.44. The Balaban J connectivity index is 1.70. The molecule has 0 saturated heterocycles. The molecule has 4 rings (SSSR count). The Morgan fingerprint density at radius 2 is 1.72 bits per heavy atom. The molecule has 0 amide bonds. The topological polar surface area (TPSA) is 90.1 Å². The third-order valence-corrected chi connectivity index (χ3v) is 6.12. The Morgan fingerprint density at radius 3 is 2.36 bits per heavy atom. The van der Waals surface area contributed by atoms with Crippen molar-refractivity contribution in [2.24, 2.45) is 0 Å². The number of halogens is 2. The molecule has 9 heteroatoms. The van der Waals surface area contributed by atoms with Crippen LogP contribution in [0, 0.1) is 18.6 Å². The third-order valence-electron chi connectivity index (χ3n) is 6.12. The Kier molecular flexibility index (Phi) is 7.12. The van der Waals surface area contributed by atoms with Crippen LogP contribution in [0.3, 0.4) is 0 Å². The molecule has 0 aliphatic rings. The summed E-state index contributed by atoms with van der Waals surface area (Å²) < 4.78 is 40.2. The first-order chi connectivity index (χ1) is 17.3. The van der Waals surface area contributed by atoms with E-state index in [4.69, 9.17) is 9.47 Å². The number of aryl methyl sites for hydroxylation is 1. The number of nitrogens with zero attached hydrogens (tertiary/aromatic N) is 2.